The van der Waals surface area contributed by atoms with Crippen molar-refractivity contribution in [3.05, 3.63) is 0 Å². The molecule has 1 rings (SSSR count). The predicted octanol–water partition coefficient (Wildman–Crippen LogP) is 4.97. The van der Waals surface area contributed by atoms with Gasteiger partial charge in [0.2, 0.25) is 0 Å². The van der Waals surface area contributed by atoms with Crippen LogP contribution in [0.5, 0.6) is 0 Å². The maximum absolute atomic E-state index is 5.74. The Balaban J connectivity index is 2.14. The largest absolute Gasteiger partial charge is 0.379 e. The molecular weight excluding hydrogens is 276 g/mol. The van der Waals surface area contributed by atoms with Gasteiger partial charge < -0.3 is 14.2 Å². The topological polar surface area (TPSA) is 31.0 Å². The second-order valence-electron chi connectivity index (χ2n) is 7.23. The first-order valence-corrected chi connectivity index (χ1v) is 9.34. The lowest BCUT2D eigenvalue weighted by atomic mass is 9.82. The van der Waals surface area contributed by atoms with Gasteiger partial charge in [-0.3, -0.25) is 0 Å². The second kappa shape index (κ2) is 11.4. The van der Waals surface area contributed by atoms with Crippen molar-refractivity contribution < 1.29 is 14.2 Å². The molecule has 0 saturated carbocycles. The highest BCUT2D eigenvalue weighted by Crippen LogP contribution is 2.30. The fourth-order valence-corrected chi connectivity index (χ4v) is 2.99. The van der Waals surface area contributed by atoms with Crippen molar-refractivity contribution in [3.8, 4) is 0 Å². The molecule has 1 saturated heterocycles. The van der Waals surface area contributed by atoms with Crippen LogP contribution in [0, 0.1) is 5.92 Å². The van der Waals surface area contributed by atoms with Gasteiger partial charge in [-0.25, -0.2) is 0 Å². The Morgan fingerprint density at radius 1 is 1.05 bits per heavy atom. The van der Waals surface area contributed by atoms with E-state index in [2.05, 4.69) is 20.8 Å². The third-order valence-electron chi connectivity index (χ3n) is 4.96. The molecule has 0 aromatic heterocycles. The molecule has 3 nitrogen and oxygen atoms in total. The molecule has 1 aliphatic rings. The van der Waals surface area contributed by atoms with Gasteiger partial charge in [0.25, 0.3) is 0 Å². The Morgan fingerprint density at radius 3 is 2.32 bits per heavy atom. The van der Waals surface area contributed by atoms with E-state index >= 15 is 0 Å². The average molecular weight is 315 g/mol. The van der Waals surface area contributed by atoms with Crippen LogP contribution in [-0.4, -0.2) is 38.6 Å². The molecule has 0 aromatic carbocycles. The number of ether oxygens (including phenoxy) is 3. The molecule has 0 N–H and O–H groups in total. The second-order valence-corrected chi connectivity index (χ2v) is 7.23. The standard InChI is InChI=1S/C19H38O3/c1-5-6-7-8-9-10-12-17(19(2,3)20-4)13-11-14-21-15-18-16-22-18/h17-18H,5-16H2,1-4H3. The van der Waals surface area contributed by atoms with Crippen molar-refractivity contribution in [1.82, 2.24) is 0 Å². The van der Waals surface area contributed by atoms with Crippen LogP contribution in [0.1, 0.15) is 78.6 Å². The van der Waals surface area contributed by atoms with Crippen LogP contribution in [0.2, 0.25) is 0 Å². The molecule has 1 heterocycles. The molecule has 0 aliphatic carbocycles. The fraction of sp³-hybridized carbons (Fsp3) is 1.00. The molecule has 0 aromatic rings. The maximum Gasteiger partial charge on any atom is 0.104 e. The SMILES string of the molecule is CCCCCCCCC(CCCOCC1CO1)C(C)(C)OC. The summed E-state index contributed by atoms with van der Waals surface area (Å²) in [6.07, 6.45) is 12.2. The first kappa shape index (κ1) is 19.9. The fourth-order valence-electron chi connectivity index (χ4n) is 2.99. The van der Waals surface area contributed by atoms with Crippen molar-refractivity contribution in [2.24, 2.45) is 5.92 Å². The highest BCUT2D eigenvalue weighted by atomic mass is 16.6. The minimum absolute atomic E-state index is 0.0248. The van der Waals surface area contributed by atoms with Gasteiger partial charge in [0.05, 0.1) is 18.8 Å². The molecule has 0 bridgehead atoms. The molecule has 22 heavy (non-hydrogen) atoms. The molecule has 132 valence electrons. The van der Waals surface area contributed by atoms with Gasteiger partial charge in [-0.2, -0.15) is 0 Å². The van der Waals surface area contributed by atoms with Gasteiger partial charge >= 0.3 is 0 Å². The zero-order chi connectivity index (χ0) is 16.3. The van der Waals surface area contributed by atoms with Crippen molar-refractivity contribution in [1.29, 1.82) is 0 Å². The quantitative estimate of drug-likeness (QED) is 0.316. The minimum atomic E-state index is -0.0248. The van der Waals surface area contributed by atoms with E-state index in [0.29, 0.717) is 12.0 Å². The normalized spacial score (nSPS) is 19.4. The molecule has 3 heteroatoms. The number of unbranched alkanes of at least 4 members (excludes halogenated alkanes) is 5. The van der Waals surface area contributed by atoms with E-state index in [1.54, 1.807) is 0 Å². The first-order chi connectivity index (χ1) is 10.6. The Hall–Kier alpha value is -0.120. The summed E-state index contributed by atoms with van der Waals surface area (Å²) < 4.78 is 16.6. The summed E-state index contributed by atoms with van der Waals surface area (Å²) in [5.74, 6) is 0.629. The molecule has 0 spiro atoms. The average Bonchev–Trinajstić information content (AvgIpc) is 3.32. The van der Waals surface area contributed by atoms with E-state index in [-0.39, 0.29) is 5.60 Å². The van der Waals surface area contributed by atoms with Crippen LogP contribution in [0.3, 0.4) is 0 Å². The van der Waals surface area contributed by atoms with Crippen molar-refractivity contribution >= 4 is 0 Å². The Kier molecular flexibility index (Phi) is 10.3. The monoisotopic (exact) mass is 314 g/mol. The zero-order valence-corrected chi connectivity index (χ0v) is 15.4. The van der Waals surface area contributed by atoms with Crippen molar-refractivity contribution in [2.45, 2.75) is 90.3 Å². The van der Waals surface area contributed by atoms with Crippen molar-refractivity contribution in [3.63, 3.8) is 0 Å². The van der Waals surface area contributed by atoms with Gasteiger partial charge in [0.1, 0.15) is 6.10 Å². The van der Waals surface area contributed by atoms with E-state index in [1.807, 2.05) is 7.11 Å². The van der Waals surface area contributed by atoms with Crippen molar-refractivity contribution in [2.75, 3.05) is 26.9 Å². The number of hydrogen-bond acceptors (Lipinski definition) is 3. The molecule has 1 aliphatic heterocycles. The smallest absolute Gasteiger partial charge is 0.104 e. The Morgan fingerprint density at radius 2 is 1.68 bits per heavy atom. The summed E-state index contributed by atoms with van der Waals surface area (Å²) in [5, 5.41) is 0. The van der Waals surface area contributed by atoms with Crippen LogP contribution < -0.4 is 0 Å². The number of rotatable bonds is 15. The summed E-state index contributed by atoms with van der Waals surface area (Å²) in [6.45, 7) is 9.25. The molecular formula is C19H38O3. The highest BCUT2D eigenvalue weighted by molar-refractivity contribution is 4.79. The van der Waals surface area contributed by atoms with Gasteiger partial charge in [0.15, 0.2) is 0 Å². The minimum Gasteiger partial charge on any atom is -0.379 e. The van der Waals surface area contributed by atoms with E-state index in [0.717, 1.165) is 26.2 Å². The van der Waals surface area contributed by atoms with Crippen LogP contribution in [-0.2, 0) is 14.2 Å². The summed E-state index contributed by atoms with van der Waals surface area (Å²) in [4.78, 5) is 0. The lowest BCUT2D eigenvalue weighted by Gasteiger charge is -2.33. The van der Waals surface area contributed by atoms with Gasteiger partial charge in [0, 0.05) is 13.7 Å². The molecule has 0 radical (unpaired) electrons. The van der Waals surface area contributed by atoms with Crippen LogP contribution in [0.4, 0.5) is 0 Å². The number of epoxide rings is 1. The predicted molar refractivity (Wildman–Crippen MR) is 92.4 cm³/mol. The highest BCUT2D eigenvalue weighted by Gasteiger charge is 2.28. The van der Waals surface area contributed by atoms with E-state index in [4.69, 9.17) is 14.2 Å². The molecule has 1 fully saturated rings. The zero-order valence-electron chi connectivity index (χ0n) is 15.4. The third-order valence-corrected chi connectivity index (χ3v) is 4.96. The van der Waals surface area contributed by atoms with Crippen LogP contribution in [0.25, 0.3) is 0 Å². The van der Waals surface area contributed by atoms with E-state index in [1.165, 1.54) is 51.4 Å². The first-order valence-electron chi connectivity index (χ1n) is 9.34. The van der Waals surface area contributed by atoms with Crippen LogP contribution in [0.15, 0.2) is 0 Å². The summed E-state index contributed by atoms with van der Waals surface area (Å²) in [7, 11) is 1.84. The Labute approximate surface area is 138 Å². The number of hydrogen-bond donors (Lipinski definition) is 0. The molecule has 0 amide bonds. The van der Waals surface area contributed by atoms with E-state index in [9.17, 15) is 0 Å². The Bertz CT molecular complexity index is 261. The lowest BCUT2D eigenvalue weighted by Crippen LogP contribution is -2.33. The molecule has 2 unspecified atom stereocenters. The summed E-state index contributed by atoms with van der Waals surface area (Å²) in [6, 6.07) is 0. The third kappa shape index (κ3) is 9.12. The van der Waals surface area contributed by atoms with Crippen LogP contribution >= 0.6 is 0 Å². The molecule has 2 atom stereocenters. The van der Waals surface area contributed by atoms with E-state index < -0.39 is 0 Å². The summed E-state index contributed by atoms with van der Waals surface area (Å²) in [5.41, 5.74) is -0.0248. The van der Waals surface area contributed by atoms with Gasteiger partial charge in [-0.15, -0.1) is 0 Å². The van der Waals surface area contributed by atoms with Gasteiger partial charge in [-0.05, 0) is 39.0 Å². The van der Waals surface area contributed by atoms with Gasteiger partial charge in [-0.1, -0.05) is 45.4 Å². The maximum atomic E-state index is 5.74. The number of methoxy groups -OCH3 is 1. The lowest BCUT2D eigenvalue weighted by molar-refractivity contribution is -0.0373. The summed E-state index contributed by atoms with van der Waals surface area (Å²) >= 11 is 0.